The third kappa shape index (κ3) is 8.93. The first-order valence-electron chi connectivity index (χ1n) is 18.1. The van der Waals surface area contributed by atoms with Gasteiger partial charge in [-0.05, 0) is 64.0 Å². The molecule has 3 aromatic carbocycles. The second kappa shape index (κ2) is 16.5. The molecule has 1 saturated carbocycles. The average Bonchev–Trinajstić information content (AvgIpc) is 3.12. The minimum absolute atomic E-state index is 0.0654. The molecule has 0 N–H and O–H groups in total. The summed E-state index contributed by atoms with van der Waals surface area (Å²) in [5.74, 6) is -1.49. The van der Waals surface area contributed by atoms with Gasteiger partial charge in [-0.3, -0.25) is 4.79 Å². The Labute approximate surface area is 309 Å². The van der Waals surface area contributed by atoms with Crippen LogP contribution in [-0.2, 0) is 39.6 Å². The molecule has 5 rings (SSSR count). The van der Waals surface area contributed by atoms with E-state index < -0.39 is 32.1 Å². The van der Waals surface area contributed by atoms with Crippen LogP contribution in [0.5, 0.6) is 5.75 Å². The minimum atomic E-state index is -2.72. The highest BCUT2D eigenvalue weighted by molar-refractivity contribution is 6.99. The molecule has 0 saturated heterocycles. The van der Waals surface area contributed by atoms with Crippen LogP contribution in [0.1, 0.15) is 72.8 Å². The molecule has 0 radical (unpaired) electrons. The minimum Gasteiger partial charge on any atom is -0.486 e. The van der Waals surface area contributed by atoms with Crippen LogP contribution < -0.4 is 15.1 Å². The van der Waals surface area contributed by atoms with E-state index in [9.17, 15) is 14.4 Å². The number of benzene rings is 3. The van der Waals surface area contributed by atoms with Crippen molar-refractivity contribution in [3.63, 3.8) is 0 Å². The predicted octanol–water partition coefficient (Wildman–Crippen LogP) is 7.44. The first-order chi connectivity index (χ1) is 24.8. The summed E-state index contributed by atoms with van der Waals surface area (Å²) in [5, 5.41) is 2.29. The Morgan fingerprint density at radius 1 is 0.942 bits per heavy atom. The SMILES string of the molecule is COC(=O)CC1=C(/C=C/[C@@H](Oc2ccc(CO[Si](c3ccccc3)(c3ccccc3)C(C)(C)C)cc2)[C@@H]2CC[C@@H](C)C[C@H]2C=O)OC(C)(C)OC1=O. The first kappa shape index (κ1) is 38.8. The molecule has 0 aromatic heterocycles. The predicted molar refractivity (Wildman–Crippen MR) is 203 cm³/mol. The van der Waals surface area contributed by atoms with Gasteiger partial charge in [-0.15, -0.1) is 0 Å². The van der Waals surface area contributed by atoms with Crippen LogP contribution in [0.2, 0.25) is 5.04 Å². The maximum Gasteiger partial charge on any atom is 0.341 e. The zero-order valence-electron chi connectivity index (χ0n) is 31.4. The molecule has 2 aliphatic rings. The number of ether oxygens (including phenoxy) is 4. The van der Waals surface area contributed by atoms with Crippen LogP contribution in [0.15, 0.2) is 108 Å². The zero-order valence-corrected chi connectivity index (χ0v) is 32.4. The summed E-state index contributed by atoms with van der Waals surface area (Å²) in [4.78, 5) is 37.4. The van der Waals surface area contributed by atoms with Crippen molar-refractivity contribution in [1.29, 1.82) is 0 Å². The lowest BCUT2D eigenvalue weighted by Crippen LogP contribution is -2.66. The van der Waals surface area contributed by atoms with Crippen molar-refractivity contribution in [1.82, 2.24) is 0 Å². The Balaban J connectivity index is 1.43. The van der Waals surface area contributed by atoms with Gasteiger partial charge in [-0.25, -0.2) is 4.79 Å². The molecule has 0 bridgehead atoms. The largest absolute Gasteiger partial charge is 0.486 e. The molecule has 1 aliphatic heterocycles. The van der Waals surface area contributed by atoms with E-state index in [1.165, 1.54) is 17.5 Å². The van der Waals surface area contributed by atoms with E-state index in [-0.39, 0.29) is 34.6 Å². The number of cyclic esters (lactones) is 1. The van der Waals surface area contributed by atoms with Gasteiger partial charge in [0.1, 0.15) is 23.9 Å². The molecule has 8 nitrogen and oxygen atoms in total. The molecule has 1 heterocycles. The molecule has 4 atom stereocenters. The van der Waals surface area contributed by atoms with Gasteiger partial charge in [-0.1, -0.05) is 107 Å². The van der Waals surface area contributed by atoms with Crippen molar-refractivity contribution in [2.75, 3.05) is 7.11 Å². The molecule has 3 aromatic rings. The molecular weight excluding hydrogens is 673 g/mol. The first-order valence-corrected chi connectivity index (χ1v) is 20.0. The number of rotatable bonds is 13. The number of hydrogen-bond acceptors (Lipinski definition) is 8. The second-order valence-electron chi connectivity index (χ2n) is 15.4. The molecule has 1 aliphatic carbocycles. The van der Waals surface area contributed by atoms with Gasteiger partial charge in [-0.2, -0.15) is 0 Å². The number of hydrogen-bond donors (Lipinski definition) is 0. The number of carbonyl (C=O) groups is 3. The summed E-state index contributed by atoms with van der Waals surface area (Å²) in [7, 11) is -1.46. The topological polar surface area (TPSA) is 97.4 Å². The lowest BCUT2D eigenvalue weighted by Gasteiger charge is -2.43. The van der Waals surface area contributed by atoms with E-state index in [1.54, 1.807) is 19.9 Å². The van der Waals surface area contributed by atoms with E-state index in [2.05, 4.69) is 76.2 Å². The molecule has 0 amide bonds. The molecule has 276 valence electrons. The van der Waals surface area contributed by atoms with Crippen LogP contribution in [0.25, 0.3) is 0 Å². The van der Waals surface area contributed by atoms with E-state index in [1.807, 2.05) is 42.5 Å². The Hall–Kier alpha value is -4.47. The molecule has 0 spiro atoms. The van der Waals surface area contributed by atoms with Crippen molar-refractivity contribution in [3.8, 4) is 5.75 Å². The highest BCUT2D eigenvalue weighted by Crippen LogP contribution is 2.39. The van der Waals surface area contributed by atoms with Gasteiger partial charge >= 0.3 is 11.9 Å². The van der Waals surface area contributed by atoms with Crippen molar-refractivity contribution in [2.45, 2.75) is 90.8 Å². The molecule has 52 heavy (non-hydrogen) atoms. The monoisotopic (exact) mass is 724 g/mol. The van der Waals surface area contributed by atoms with Crippen molar-refractivity contribution < 1.29 is 37.8 Å². The fraction of sp³-hybridized carbons (Fsp3) is 0.419. The third-order valence-electron chi connectivity index (χ3n) is 10.1. The third-order valence-corrected chi connectivity index (χ3v) is 15.1. The van der Waals surface area contributed by atoms with Gasteiger partial charge in [0.2, 0.25) is 5.79 Å². The molecule has 1 fully saturated rings. The fourth-order valence-electron chi connectivity index (χ4n) is 7.48. The lowest BCUT2D eigenvalue weighted by atomic mass is 9.72. The normalized spacial score (nSPS) is 21.2. The Kier molecular flexibility index (Phi) is 12.3. The maximum absolute atomic E-state index is 12.9. The standard InChI is InChI=1S/C43H52O8Si/c1-30-18-23-36(32(26-30)28-44)38(24-25-39-37(27-40(45)47-7)41(46)51-43(5,6)50-39)49-33-21-19-31(20-22-33)29-48-52(42(2,3)4,34-14-10-8-11-15-34)35-16-12-9-13-17-35/h8-17,19-22,24-25,28,30,32,36,38H,18,23,26-27,29H2,1-7H3/b25-24+/t30-,32+,36-,38-/m1/s1. The summed E-state index contributed by atoms with van der Waals surface area (Å²) < 4.78 is 30.0. The summed E-state index contributed by atoms with van der Waals surface area (Å²) in [6.07, 6.45) is 6.25. The maximum atomic E-state index is 12.9. The Morgan fingerprint density at radius 2 is 1.56 bits per heavy atom. The van der Waals surface area contributed by atoms with Crippen LogP contribution in [0, 0.1) is 17.8 Å². The van der Waals surface area contributed by atoms with Gasteiger partial charge in [0.05, 0.1) is 25.7 Å². The van der Waals surface area contributed by atoms with Gasteiger partial charge in [0.25, 0.3) is 8.32 Å². The fourth-order valence-corrected chi connectivity index (χ4v) is 12.0. The summed E-state index contributed by atoms with van der Waals surface area (Å²) in [5.41, 5.74) is 1.08. The van der Waals surface area contributed by atoms with E-state index >= 15 is 0 Å². The van der Waals surface area contributed by atoms with Crippen LogP contribution in [0.4, 0.5) is 0 Å². The molecule has 9 heteroatoms. The number of esters is 2. The number of carbonyl (C=O) groups excluding carboxylic acids is 3. The lowest BCUT2D eigenvalue weighted by molar-refractivity contribution is -0.206. The van der Waals surface area contributed by atoms with Crippen molar-refractivity contribution >= 4 is 36.9 Å². The Morgan fingerprint density at radius 3 is 2.12 bits per heavy atom. The van der Waals surface area contributed by atoms with E-state index in [0.29, 0.717) is 18.3 Å². The molecular formula is C43H52O8Si. The van der Waals surface area contributed by atoms with Gasteiger partial charge < -0.3 is 28.2 Å². The second-order valence-corrected chi connectivity index (χ2v) is 19.7. The smallest absolute Gasteiger partial charge is 0.341 e. The average molecular weight is 725 g/mol. The summed E-state index contributed by atoms with van der Waals surface area (Å²) in [6.45, 7) is 12.6. The van der Waals surface area contributed by atoms with E-state index in [4.69, 9.17) is 23.4 Å². The number of allylic oxidation sites excluding steroid dienone is 1. The quantitative estimate of drug-likeness (QED) is 0.102. The summed E-state index contributed by atoms with van der Waals surface area (Å²) >= 11 is 0. The van der Waals surface area contributed by atoms with Crippen LogP contribution >= 0.6 is 0 Å². The zero-order chi connectivity index (χ0) is 37.5. The summed E-state index contributed by atoms with van der Waals surface area (Å²) in [6, 6.07) is 29.1. The number of methoxy groups -OCH3 is 1. The highest BCUT2D eigenvalue weighted by atomic mass is 28.4. The van der Waals surface area contributed by atoms with E-state index in [0.717, 1.165) is 31.1 Å². The van der Waals surface area contributed by atoms with Crippen LogP contribution in [-0.4, -0.2) is 45.5 Å². The number of aldehydes is 1. The Bertz CT molecular complexity index is 1700. The highest BCUT2D eigenvalue weighted by Gasteiger charge is 2.50. The van der Waals surface area contributed by atoms with Crippen LogP contribution in [0.3, 0.4) is 0 Å². The van der Waals surface area contributed by atoms with Crippen molar-refractivity contribution in [3.05, 3.63) is 114 Å². The van der Waals surface area contributed by atoms with Gasteiger partial charge in [0.15, 0.2) is 0 Å². The van der Waals surface area contributed by atoms with Crippen molar-refractivity contribution in [2.24, 2.45) is 17.8 Å². The molecule has 0 unspecified atom stereocenters. The van der Waals surface area contributed by atoms with Gasteiger partial charge in [0, 0.05) is 25.7 Å².